The van der Waals surface area contributed by atoms with Crippen molar-refractivity contribution in [2.24, 2.45) is 0 Å². The second-order valence-corrected chi connectivity index (χ2v) is 9.16. The molecule has 0 bridgehead atoms. The molecule has 0 spiro atoms. The molecule has 0 saturated heterocycles. The Hall–Kier alpha value is -4.31. The summed E-state index contributed by atoms with van der Waals surface area (Å²) in [4.78, 5) is 12.7. The summed E-state index contributed by atoms with van der Waals surface area (Å²) in [6, 6.07) is 29.0. The topological polar surface area (TPSA) is 51.5 Å². The van der Waals surface area contributed by atoms with Crippen molar-refractivity contribution in [1.82, 2.24) is 5.32 Å². The van der Waals surface area contributed by atoms with Gasteiger partial charge < -0.3 is 14.5 Å². The number of rotatable bonds is 9. The highest BCUT2D eigenvalue weighted by molar-refractivity contribution is 6.06. The van der Waals surface area contributed by atoms with E-state index in [4.69, 9.17) is 9.15 Å². The lowest BCUT2D eigenvalue weighted by atomic mass is 9.96. The predicted molar refractivity (Wildman–Crippen MR) is 152 cm³/mol. The molecule has 0 fully saturated rings. The largest absolute Gasteiger partial charge is 0.493 e. The first-order valence-corrected chi connectivity index (χ1v) is 12.8. The zero-order chi connectivity index (χ0) is 25.6. The molecule has 0 aliphatic carbocycles. The molecule has 1 heterocycles. The van der Waals surface area contributed by atoms with Gasteiger partial charge in [-0.1, -0.05) is 72.8 Å². The van der Waals surface area contributed by atoms with Gasteiger partial charge >= 0.3 is 0 Å². The third-order valence-corrected chi connectivity index (χ3v) is 6.61. The predicted octanol–water partition coefficient (Wildman–Crippen LogP) is 7.80. The highest BCUT2D eigenvalue weighted by Crippen LogP contribution is 2.39. The molecule has 0 aliphatic heterocycles. The molecule has 186 valence electrons. The van der Waals surface area contributed by atoms with Gasteiger partial charge in [0.25, 0.3) is 0 Å². The summed E-state index contributed by atoms with van der Waals surface area (Å²) in [6.07, 6.45) is 5.29. The number of benzene rings is 4. The number of carbonyl (C=O) groups excluding carboxylic acids is 1. The molecule has 0 atom stereocenters. The molecule has 4 nitrogen and oxygen atoms in total. The average Bonchev–Trinajstić information content (AvgIpc) is 3.33. The monoisotopic (exact) mass is 489 g/mol. The summed E-state index contributed by atoms with van der Waals surface area (Å²) in [5.74, 6) is 0.606. The minimum Gasteiger partial charge on any atom is -0.493 e. The standard InChI is InChI=1S/C33H31NO3/c1-3-36-31-21-32-29(30(22-37-32)27-17-9-15-25-14-7-8-16-26(25)27)20-28(31)23(2)19-33(35)34-18-10-13-24-11-5-4-6-12-24/h4-9,11-12,14-17,19-22H,3,10,13,18H2,1-2H3,(H,34,35)/b23-19+. The Bertz CT molecular complexity index is 1560. The second kappa shape index (κ2) is 11.2. The number of furan rings is 1. The van der Waals surface area contributed by atoms with Crippen LogP contribution in [0.4, 0.5) is 0 Å². The number of hydrogen-bond acceptors (Lipinski definition) is 3. The van der Waals surface area contributed by atoms with Crippen molar-refractivity contribution in [2.75, 3.05) is 13.2 Å². The summed E-state index contributed by atoms with van der Waals surface area (Å²) in [7, 11) is 0. The molecular formula is C33H31NO3. The summed E-state index contributed by atoms with van der Waals surface area (Å²) in [6.45, 7) is 5.05. The molecule has 37 heavy (non-hydrogen) atoms. The number of aryl methyl sites for hydroxylation is 1. The molecule has 0 radical (unpaired) electrons. The van der Waals surface area contributed by atoms with E-state index < -0.39 is 0 Å². The van der Waals surface area contributed by atoms with Crippen molar-refractivity contribution in [3.8, 4) is 16.9 Å². The molecule has 1 aromatic heterocycles. The van der Waals surface area contributed by atoms with Gasteiger partial charge in [-0.15, -0.1) is 0 Å². The number of hydrogen-bond donors (Lipinski definition) is 1. The van der Waals surface area contributed by atoms with E-state index in [1.165, 1.54) is 16.3 Å². The molecule has 4 heteroatoms. The van der Waals surface area contributed by atoms with Crippen LogP contribution in [0.25, 0.3) is 38.4 Å². The minimum absolute atomic E-state index is 0.102. The smallest absolute Gasteiger partial charge is 0.244 e. The van der Waals surface area contributed by atoms with E-state index in [0.29, 0.717) is 18.9 Å². The van der Waals surface area contributed by atoms with E-state index in [-0.39, 0.29) is 5.91 Å². The number of ether oxygens (including phenoxy) is 1. The van der Waals surface area contributed by atoms with Gasteiger partial charge in [-0.25, -0.2) is 0 Å². The Balaban J connectivity index is 1.42. The average molecular weight is 490 g/mol. The Kier molecular flexibility index (Phi) is 7.36. The first-order valence-electron chi connectivity index (χ1n) is 12.8. The second-order valence-electron chi connectivity index (χ2n) is 9.16. The summed E-state index contributed by atoms with van der Waals surface area (Å²) in [5, 5.41) is 6.36. The highest BCUT2D eigenvalue weighted by atomic mass is 16.5. The molecule has 5 rings (SSSR count). The van der Waals surface area contributed by atoms with Crippen LogP contribution in [-0.2, 0) is 11.2 Å². The van der Waals surface area contributed by atoms with Crippen LogP contribution in [0, 0.1) is 0 Å². The molecule has 5 aromatic rings. The van der Waals surface area contributed by atoms with Gasteiger partial charge in [0.1, 0.15) is 11.3 Å². The zero-order valence-corrected chi connectivity index (χ0v) is 21.3. The fraction of sp³-hybridized carbons (Fsp3) is 0.182. The fourth-order valence-electron chi connectivity index (χ4n) is 4.78. The molecule has 1 amide bonds. The molecule has 0 unspecified atom stereocenters. The van der Waals surface area contributed by atoms with Gasteiger partial charge in [-0.3, -0.25) is 4.79 Å². The van der Waals surface area contributed by atoms with Crippen LogP contribution in [0.15, 0.2) is 102 Å². The molecule has 4 aromatic carbocycles. The maximum Gasteiger partial charge on any atom is 0.244 e. The number of amides is 1. The number of fused-ring (bicyclic) bond motifs is 2. The van der Waals surface area contributed by atoms with Crippen LogP contribution in [0.2, 0.25) is 0 Å². The first kappa shape index (κ1) is 24.4. The summed E-state index contributed by atoms with van der Waals surface area (Å²) >= 11 is 0. The van der Waals surface area contributed by atoms with Crippen molar-refractivity contribution in [1.29, 1.82) is 0 Å². The van der Waals surface area contributed by atoms with Gasteiger partial charge in [-0.2, -0.15) is 0 Å². The van der Waals surface area contributed by atoms with E-state index in [1.807, 2.05) is 50.4 Å². The van der Waals surface area contributed by atoms with Crippen molar-refractivity contribution >= 4 is 33.2 Å². The zero-order valence-electron chi connectivity index (χ0n) is 21.3. The summed E-state index contributed by atoms with van der Waals surface area (Å²) in [5.41, 5.74) is 5.90. The fourth-order valence-corrected chi connectivity index (χ4v) is 4.78. The van der Waals surface area contributed by atoms with Crippen LogP contribution < -0.4 is 10.1 Å². The SMILES string of the molecule is CCOc1cc2occ(-c3cccc4ccccc34)c2cc1/C(C)=C/C(=O)NCCCc1ccccc1. The molecule has 0 aliphatic rings. The lowest BCUT2D eigenvalue weighted by molar-refractivity contribution is -0.116. The van der Waals surface area contributed by atoms with Crippen LogP contribution >= 0.6 is 0 Å². The van der Waals surface area contributed by atoms with Crippen LogP contribution in [0.5, 0.6) is 5.75 Å². The Labute approximate surface area is 217 Å². The van der Waals surface area contributed by atoms with E-state index in [9.17, 15) is 4.79 Å². The third kappa shape index (κ3) is 5.44. The molecular weight excluding hydrogens is 458 g/mol. The Morgan fingerprint density at radius 2 is 1.70 bits per heavy atom. The maximum atomic E-state index is 12.7. The van der Waals surface area contributed by atoms with Crippen LogP contribution in [-0.4, -0.2) is 19.1 Å². The van der Waals surface area contributed by atoms with E-state index in [0.717, 1.165) is 46.1 Å². The van der Waals surface area contributed by atoms with E-state index >= 15 is 0 Å². The minimum atomic E-state index is -0.102. The van der Waals surface area contributed by atoms with Crippen molar-refractivity contribution in [3.63, 3.8) is 0 Å². The van der Waals surface area contributed by atoms with Gasteiger partial charge in [0.05, 0.1) is 12.9 Å². The van der Waals surface area contributed by atoms with Gasteiger partial charge in [-0.05, 0) is 60.2 Å². The summed E-state index contributed by atoms with van der Waals surface area (Å²) < 4.78 is 11.9. The molecule has 1 N–H and O–H groups in total. The molecule has 0 saturated carbocycles. The third-order valence-electron chi connectivity index (χ3n) is 6.61. The number of nitrogens with one attached hydrogen (secondary N) is 1. The number of allylic oxidation sites excluding steroid dienone is 1. The van der Waals surface area contributed by atoms with Crippen molar-refractivity contribution in [2.45, 2.75) is 26.7 Å². The van der Waals surface area contributed by atoms with E-state index in [2.05, 4.69) is 59.9 Å². The van der Waals surface area contributed by atoms with Crippen LogP contribution in [0.1, 0.15) is 31.4 Å². The highest BCUT2D eigenvalue weighted by Gasteiger charge is 2.16. The normalized spacial score (nSPS) is 11.7. The van der Waals surface area contributed by atoms with Gasteiger partial charge in [0.2, 0.25) is 5.91 Å². The van der Waals surface area contributed by atoms with Gasteiger partial charge in [0, 0.05) is 35.2 Å². The van der Waals surface area contributed by atoms with E-state index in [1.54, 1.807) is 6.08 Å². The first-order chi connectivity index (χ1) is 18.1. The Morgan fingerprint density at radius 3 is 2.54 bits per heavy atom. The van der Waals surface area contributed by atoms with Gasteiger partial charge in [0.15, 0.2) is 0 Å². The lowest BCUT2D eigenvalue weighted by Crippen LogP contribution is -2.22. The lowest BCUT2D eigenvalue weighted by Gasteiger charge is -2.12. The number of carbonyl (C=O) groups is 1. The maximum absolute atomic E-state index is 12.7. The van der Waals surface area contributed by atoms with Crippen molar-refractivity contribution in [3.05, 3.63) is 108 Å². The van der Waals surface area contributed by atoms with Crippen molar-refractivity contribution < 1.29 is 13.9 Å². The van der Waals surface area contributed by atoms with Crippen LogP contribution in [0.3, 0.4) is 0 Å². The quantitative estimate of drug-likeness (QED) is 0.170. The Morgan fingerprint density at radius 1 is 0.919 bits per heavy atom.